The van der Waals surface area contributed by atoms with Crippen molar-refractivity contribution in [1.82, 2.24) is 5.32 Å². The molecule has 100 valence electrons. The van der Waals surface area contributed by atoms with Crippen molar-refractivity contribution >= 4 is 5.91 Å². The minimum Gasteiger partial charge on any atom is -0.396 e. The van der Waals surface area contributed by atoms with Gasteiger partial charge in [0, 0.05) is 17.7 Å². The molecule has 0 aliphatic heterocycles. The molecule has 3 nitrogen and oxygen atoms in total. The van der Waals surface area contributed by atoms with E-state index in [-0.39, 0.29) is 18.1 Å². The number of benzene rings is 1. The molecule has 0 fully saturated rings. The van der Waals surface area contributed by atoms with Crippen LogP contribution < -0.4 is 5.32 Å². The summed E-state index contributed by atoms with van der Waals surface area (Å²) >= 11 is 0. The fraction of sp³-hybridized carbons (Fsp3) is 0.533. The molecule has 0 saturated carbocycles. The summed E-state index contributed by atoms with van der Waals surface area (Å²) in [5, 5.41) is 12.1. The van der Waals surface area contributed by atoms with E-state index in [9.17, 15) is 4.79 Å². The quantitative estimate of drug-likeness (QED) is 0.842. The van der Waals surface area contributed by atoms with Gasteiger partial charge in [-0.3, -0.25) is 4.79 Å². The van der Waals surface area contributed by atoms with E-state index in [2.05, 4.69) is 5.32 Å². The van der Waals surface area contributed by atoms with E-state index in [1.54, 1.807) is 0 Å². The van der Waals surface area contributed by atoms with Crippen LogP contribution in [0.1, 0.15) is 48.2 Å². The number of carbonyl (C=O) groups excluding carboxylic acids is 1. The SMILES string of the molecule is CCC(C)(CCO)NC(=O)c1ccc(C)cc1C. The molecule has 0 heterocycles. The summed E-state index contributed by atoms with van der Waals surface area (Å²) in [4.78, 5) is 12.2. The summed E-state index contributed by atoms with van der Waals surface area (Å²) in [7, 11) is 0. The number of rotatable bonds is 5. The van der Waals surface area contributed by atoms with Crippen LogP contribution in [0.4, 0.5) is 0 Å². The minimum atomic E-state index is -0.344. The van der Waals surface area contributed by atoms with E-state index in [4.69, 9.17) is 5.11 Å². The largest absolute Gasteiger partial charge is 0.396 e. The lowest BCUT2D eigenvalue weighted by molar-refractivity contribution is 0.0885. The van der Waals surface area contributed by atoms with Crippen molar-refractivity contribution in [3.8, 4) is 0 Å². The van der Waals surface area contributed by atoms with E-state index in [0.717, 1.165) is 17.5 Å². The zero-order valence-electron chi connectivity index (χ0n) is 11.7. The first-order valence-electron chi connectivity index (χ1n) is 6.42. The average molecular weight is 249 g/mol. The van der Waals surface area contributed by atoms with Gasteiger partial charge in [0.1, 0.15) is 0 Å². The van der Waals surface area contributed by atoms with Gasteiger partial charge in [-0.2, -0.15) is 0 Å². The van der Waals surface area contributed by atoms with Crippen LogP contribution >= 0.6 is 0 Å². The number of aryl methyl sites for hydroxylation is 2. The number of aliphatic hydroxyl groups is 1. The lowest BCUT2D eigenvalue weighted by atomic mass is 9.94. The predicted octanol–water partition coefficient (Wildman–Crippen LogP) is 2.58. The van der Waals surface area contributed by atoms with Crippen LogP contribution in [0, 0.1) is 13.8 Å². The van der Waals surface area contributed by atoms with Crippen LogP contribution in [0.15, 0.2) is 18.2 Å². The number of carbonyl (C=O) groups is 1. The maximum atomic E-state index is 12.2. The van der Waals surface area contributed by atoms with Gasteiger partial charge >= 0.3 is 0 Å². The van der Waals surface area contributed by atoms with Crippen molar-refractivity contribution in [2.75, 3.05) is 6.61 Å². The van der Waals surface area contributed by atoms with Crippen LogP contribution in [-0.2, 0) is 0 Å². The standard InChI is InChI=1S/C15H23NO2/c1-5-15(4,8-9-17)16-14(18)13-7-6-11(2)10-12(13)3/h6-7,10,17H,5,8-9H2,1-4H3,(H,16,18). The maximum absolute atomic E-state index is 12.2. The van der Waals surface area contributed by atoms with Gasteiger partial charge in [0.05, 0.1) is 0 Å². The topological polar surface area (TPSA) is 49.3 Å². The zero-order valence-corrected chi connectivity index (χ0v) is 11.7. The third-order valence-corrected chi connectivity index (χ3v) is 3.49. The summed E-state index contributed by atoms with van der Waals surface area (Å²) in [5.41, 5.74) is 2.49. The second-order valence-corrected chi connectivity index (χ2v) is 5.16. The number of amides is 1. The molecule has 1 atom stereocenters. The van der Waals surface area contributed by atoms with Gasteiger partial charge in [-0.15, -0.1) is 0 Å². The molecule has 1 unspecified atom stereocenters. The van der Waals surface area contributed by atoms with Crippen LogP contribution in [0.25, 0.3) is 0 Å². The Morgan fingerprint density at radius 2 is 2.06 bits per heavy atom. The fourth-order valence-electron chi connectivity index (χ4n) is 1.98. The van der Waals surface area contributed by atoms with Crippen LogP contribution in [0.5, 0.6) is 0 Å². The van der Waals surface area contributed by atoms with Crippen LogP contribution in [0.2, 0.25) is 0 Å². The second kappa shape index (κ2) is 6.01. The smallest absolute Gasteiger partial charge is 0.251 e. The first kappa shape index (κ1) is 14.7. The summed E-state index contributed by atoms with van der Waals surface area (Å²) in [6.45, 7) is 8.01. The Kier molecular flexibility index (Phi) is 4.91. The number of nitrogens with one attached hydrogen (secondary N) is 1. The highest BCUT2D eigenvalue weighted by molar-refractivity contribution is 5.96. The first-order valence-corrected chi connectivity index (χ1v) is 6.42. The monoisotopic (exact) mass is 249 g/mol. The Bertz CT molecular complexity index is 429. The molecule has 3 heteroatoms. The summed E-state index contributed by atoms with van der Waals surface area (Å²) < 4.78 is 0. The molecular formula is C15H23NO2. The molecule has 18 heavy (non-hydrogen) atoms. The second-order valence-electron chi connectivity index (χ2n) is 5.16. The van der Waals surface area contributed by atoms with Crippen LogP contribution in [-0.4, -0.2) is 23.2 Å². The Hall–Kier alpha value is -1.35. The van der Waals surface area contributed by atoms with Crippen molar-refractivity contribution in [2.24, 2.45) is 0 Å². The molecule has 0 bridgehead atoms. The normalized spacial score (nSPS) is 14.1. The molecule has 1 rings (SSSR count). The van der Waals surface area contributed by atoms with Gasteiger partial charge in [-0.1, -0.05) is 24.6 Å². The molecule has 0 aliphatic rings. The molecule has 0 radical (unpaired) electrons. The summed E-state index contributed by atoms with van der Waals surface area (Å²) in [5.74, 6) is -0.0645. The van der Waals surface area contributed by atoms with E-state index < -0.39 is 0 Å². The highest BCUT2D eigenvalue weighted by Gasteiger charge is 2.24. The Morgan fingerprint density at radius 1 is 1.39 bits per heavy atom. The maximum Gasteiger partial charge on any atom is 0.251 e. The summed E-state index contributed by atoms with van der Waals surface area (Å²) in [6.07, 6.45) is 1.37. The lowest BCUT2D eigenvalue weighted by Crippen LogP contribution is -2.46. The van der Waals surface area contributed by atoms with Gasteiger partial charge in [0.15, 0.2) is 0 Å². The Labute approximate surface area is 109 Å². The van der Waals surface area contributed by atoms with E-state index in [1.165, 1.54) is 0 Å². The fourth-order valence-corrected chi connectivity index (χ4v) is 1.98. The number of hydrogen-bond donors (Lipinski definition) is 2. The van der Waals surface area contributed by atoms with Crippen molar-refractivity contribution in [2.45, 2.75) is 46.1 Å². The van der Waals surface area contributed by atoms with E-state index in [1.807, 2.05) is 45.9 Å². The molecule has 0 aromatic heterocycles. The van der Waals surface area contributed by atoms with Gasteiger partial charge in [0.2, 0.25) is 0 Å². The number of hydrogen-bond acceptors (Lipinski definition) is 2. The zero-order chi connectivity index (χ0) is 13.8. The van der Waals surface area contributed by atoms with E-state index in [0.29, 0.717) is 12.0 Å². The predicted molar refractivity (Wildman–Crippen MR) is 73.8 cm³/mol. The molecule has 2 N–H and O–H groups in total. The molecule has 1 aromatic carbocycles. The molecule has 1 amide bonds. The Balaban J connectivity index is 2.87. The molecular weight excluding hydrogens is 226 g/mol. The van der Waals surface area contributed by atoms with Crippen molar-refractivity contribution in [3.63, 3.8) is 0 Å². The first-order chi connectivity index (χ1) is 8.41. The molecule has 1 aromatic rings. The summed E-state index contributed by atoms with van der Waals surface area (Å²) in [6, 6.07) is 5.80. The van der Waals surface area contributed by atoms with Gasteiger partial charge in [-0.25, -0.2) is 0 Å². The van der Waals surface area contributed by atoms with Gasteiger partial charge in [-0.05, 0) is 45.2 Å². The third-order valence-electron chi connectivity index (χ3n) is 3.49. The number of aliphatic hydroxyl groups excluding tert-OH is 1. The highest BCUT2D eigenvalue weighted by atomic mass is 16.3. The van der Waals surface area contributed by atoms with Gasteiger partial charge in [0.25, 0.3) is 5.91 Å². The molecule has 0 aliphatic carbocycles. The van der Waals surface area contributed by atoms with Gasteiger partial charge < -0.3 is 10.4 Å². The molecule has 0 spiro atoms. The molecule has 0 saturated heterocycles. The van der Waals surface area contributed by atoms with Crippen LogP contribution in [0.3, 0.4) is 0 Å². The Morgan fingerprint density at radius 3 is 2.56 bits per heavy atom. The van der Waals surface area contributed by atoms with Crippen molar-refractivity contribution in [3.05, 3.63) is 34.9 Å². The lowest BCUT2D eigenvalue weighted by Gasteiger charge is -2.29. The third kappa shape index (κ3) is 3.57. The average Bonchev–Trinajstić information content (AvgIpc) is 2.28. The minimum absolute atomic E-state index is 0.0645. The highest BCUT2D eigenvalue weighted by Crippen LogP contribution is 2.17. The van der Waals surface area contributed by atoms with Crippen molar-refractivity contribution in [1.29, 1.82) is 0 Å². The van der Waals surface area contributed by atoms with Crippen molar-refractivity contribution < 1.29 is 9.90 Å². The van der Waals surface area contributed by atoms with E-state index >= 15 is 0 Å².